The van der Waals surface area contributed by atoms with E-state index in [-0.39, 0.29) is 17.9 Å². The first-order chi connectivity index (χ1) is 17.7. The quantitative estimate of drug-likeness (QED) is 0.365. The molecule has 0 bridgehead atoms. The number of aromatic nitrogens is 3. The van der Waals surface area contributed by atoms with Crippen molar-refractivity contribution in [3.8, 4) is 11.3 Å². The van der Waals surface area contributed by atoms with E-state index in [2.05, 4.69) is 34.9 Å². The molecule has 1 amide bonds. The van der Waals surface area contributed by atoms with Gasteiger partial charge in [0.25, 0.3) is 0 Å². The number of nitrogens with zero attached hydrogens (tertiary/aromatic N) is 4. The van der Waals surface area contributed by atoms with Gasteiger partial charge in [0.15, 0.2) is 0 Å². The zero-order chi connectivity index (χ0) is 26.2. The highest BCUT2D eigenvalue weighted by Crippen LogP contribution is 2.40. The van der Waals surface area contributed by atoms with Gasteiger partial charge in [0.2, 0.25) is 11.9 Å². The number of hydrogen-bond acceptors (Lipinski definition) is 6. The van der Waals surface area contributed by atoms with Crippen LogP contribution in [0.3, 0.4) is 0 Å². The molecule has 0 spiro atoms. The molecular formula is C27H29N6O3S-. The van der Waals surface area contributed by atoms with Crippen LogP contribution in [0.4, 0.5) is 17.3 Å². The number of nitrogens with one attached hydrogen (secondary N) is 2. The topological polar surface area (TPSA) is 115 Å². The van der Waals surface area contributed by atoms with Gasteiger partial charge in [-0.25, -0.2) is 14.2 Å². The first-order valence-corrected chi connectivity index (χ1v) is 13.3. The molecule has 1 atom stereocenters. The fourth-order valence-corrected chi connectivity index (χ4v) is 5.24. The van der Waals surface area contributed by atoms with Crippen molar-refractivity contribution >= 4 is 40.0 Å². The Morgan fingerprint density at radius 2 is 2.00 bits per heavy atom. The van der Waals surface area contributed by atoms with Crippen molar-refractivity contribution in [3.05, 3.63) is 71.9 Å². The largest absolute Gasteiger partial charge is 0.760 e. The van der Waals surface area contributed by atoms with E-state index in [0.717, 1.165) is 52.1 Å². The lowest BCUT2D eigenvalue weighted by Gasteiger charge is -2.27. The molecule has 0 saturated carbocycles. The summed E-state index contributed by atoms with van der Waals surface area (Å²) in [5, 5.41) is 8.03. The molecular weight excluding hydrogens is 488 g/mol. The minimum Gasteiger partial charge on any atom is -0.760 e. The van der Waals surface area contributed by atoms with Crippen molar-refractivity contribution in [2.45, 2.75) is 45.6 Å². The van der Waals surface area contributed by atoms with Gasteiger partial charge in [-0.2, -0.15) is 0 Å². The molecule has 1 aliphatic heterocycles. The van der Waals surface area contributed by atoms with E-state index in [9.17, 15) is 13.6 Å². The van der Waals surface area contributed by atoms with Gasteiger partial charge in [-0.15, -0.1) is 5.10 Å². The van der Waals surface area contributed by atoms with E-state index in [1.165, 1.54) is 0 Å². The number of hydrogen-bond donors (Lipinski definition) is 2. The molecule has 1 aliphatic rings. The minimum atomic E-state index is -2.32. The van der Waals surface area contributed by atoms with Crippen molar-refractivity contribution in [3.63, 3.8) is 0 Å². The highest BCUT2D eigenvalue weighted by Gasteiger charge is 2.30. The first kappa shape index (κ1) is 25.1. The second kappa shape index (κ2) is 10.0. The van der Waals surface area contributed by atoms with Gasteiger partial charge in [-0.05, 0) is 59.7 Å². The molecule has 0 aliphatic carbocycles. The molecule has 192 valence electrons. The molecule has 3 heterocycles. The highest BCUT2D eigenvalue weighted by atomic mass is 32.2. The number of fused-ring (bicyclic) bond motifs is 2. The maximum atomic E-state index is 12.4. The number of anilines is 3. The van der Waals surface area contributed by atoms with Crippen molar-refractivity contribution in [2.75, 3.05) is 16.8 Å². The molecule has 9 nitrogen and oxygen atoms in total. The van der Waals surface area contributed by atoms with Gasteiger partial charge in [0.05, 0.1) is 17.4 Å². The van der Waals surface area contributed by atoms with E-state index in [0.29, 0.717) is 12.5 Å². The van der Waals surface area contributed by atoms with Crippen LogP contribution in [0.1, 0.15) is 44.7 Å². The lowest BCUT2D eigenvalue weighted by Crippen LogP contribution is -2.29. The Balaban J connectivity index is 1.47. The number of carbonyl (C=O) groups excluding carboxylic acids is 1. The maximum absolute atomic E-state index is 12.4. The van der Waals surface area contributed by atoms with E-state index >= 15 is 0 Å². The molecule has 2 N–H and O–H groups in total. The zero-order valence-corrected chi connectivity index (χ0v) is 21.8. The fourth-order valence-electron chi connectivity index (χ4n) is 4.96. The third kappa shape index (κ3) is 5.27. The molecule has 0 saturated heterocycles. The molecule has 4 aromatic rings. The summed E-state index contributed by atoms with van der Waals surface area (Å²) < 4.78 is 25.9. The summed E-state index contributed by atoms with van der Waals surface area (Å²) in [4.78, 5) is 18.8. The Morgan fingerprint density at radius 1 is 1.16 bits per heavy atom. The second-order valence-electron chi connectivity index (χ2n) is 9.91. The number of rotatable bonds is 6. The summed E-state index contributed by atoms with van der Waals surface area (Å²) in [6.45, 7) is 6.96. The Labute approximate surface area is 218 Å². The maximum Gasteiger partial charge on any atom is 0.245 e. The molecule has 37 heavy (non-hydrogen) atoms. The van der Waals surface area contributed by atoms with E-state index in [1.54, 1.807) is 13.1 Å². The Bertz CT molecular complexity index is 1500. The number of benzene rings is 2. The van der Waals surface area contributed by atoms with E-state index in [1.807, 2.05) is 57.9 Å². The van der Waals surface area contributed by atoms with Gasteiger partial charge < -0.3 is 14.8 Å². The first-order valence-electron chi connectivity index (χ1n) is 12.2. The molecule has 1 unspecified atom stereocenters. The van der Waals surface area contributed by atoms with Crippen molar-refractivity contribution in [2.24, 2.45) is 0 Å². The average molecular weight is 518 g/mol. The third-order valence-corrected chi connectivity index (χ3v) is 7.23. The van der Waals surface area contributed by atoms with Crippen LogP contribution in [0.25, 0.3) is 16.8 Å². The van der Waals surface area contributed by atoms with Gasteiger partial charge in [-0.1, -0.05) is 38.1 Å². The number of carbonyl (C=O) groups is 1. The van der Waals surface area contributed by atoms with Crippen molar-refractivity contribution in [1.29, 1.82) is 0 Å². The standard InChI is InChI=1S/C27H30N6O3S/c1-18(34)32-13-5-12-27(2,3)23-10-8-21(15-25(23)32)30-26-28-17-22-9-11-24(33(22)31-26)20-7-4-6-19(14-20)16-29-37(35)36/h4,6-11,14-15,17,29H,5,12-13,16H2,1-3H3,(H,30,31)(H,35,36)/p-1. The van der Waals surface area contributed by atoms with Crippen LogP contribution in [0.5, 0.6) is 0 Å². The van der Waals surface area contributed by atoms with Crippen LogP contribution in [0, 0.1) is 0 Å². The summed E-state index contributed by atoms with van der Waals surface area (Å²) in [5.74, 6) is 0.455. The molecule has 0 fully saturated rings. The monoisotopic (exact) mass is 517 g/mol. The smallest absolute Gasteiger partial charge is 0.245 e. The number of amides is 1. The summed E-state index contributed by atoms with van der Waals surface area (Å²) in [6.07, 6.45) is 3.71. The molecule has 0 radical (unpaired) electrons. The normalized spacial score (nSPS) is 15.7. The van der Waals surface area contributed by atoms with Crippen LogP contribution in [-0.2, 0) is 28.0 Å². The Hall–Kier alpha value is -3.60. The zero-order valence-electron chi connectivity index (χ0n) is 21.0. The van der Waals surface area contributed by atoms with E-state index in [4.69, 9.17) is 5.10 Å². The summed E-state index contributed by atoms with van der Waals surface area (Å²) in [5.41, 5.74) is 6.29. The molecule has 2 aromatic heterocycles. The predicted octanol–water partition coefficient (Wildman–Crippen LogP) is 4.45. The minimum absolute atomic E-state index is 0.0275. The average Bonchev–Trinajstić information content (AvgIpc) is 3.22. The predicted molar refractivity (Wildman–Crippen MR) is 144 cm³/mol. The molecule has 5 rings (SSSR count). The SMILES string of the molecule is CC(=O)N1CCCC(C)(C)c2ccc(Nc3ncc4ccc(-c5cccc(CNS(=O)[O-])c5)n4n3)cc21. The van der Waals surface area contributed by atoms with Crippen molar-refractivity contribution < 1.29 is 13.6 Å². The highest BCUT2D eigenvalue weighted by molar-refractivity contribution is 7.77. The summed E-state index contributed by atoms with van der Waals surface area (Å²) in [6, 6.07) is 17.6. The van der Waals surface area contributed by atoms with Crippen LogP contribution >= 0.6 is 0 Å². The van der Waals surface area contributed by atoms with E-state index < -0.39 is 11.3 Å². The lowest BCUT2D eigenvalue weighted by molar-refractivity contribution is -0.116. The fraction of sp³-hybridized carbons (Fsp3) is 0.296. The van der Waals surface area contributed by atoms with Crippen LogP contribution in [0.2, 0.25) is 0 Å². The Kier molecular flexibility index (Phi) is 6.80. The molecule has 2 aromatic carbocycles. The van der Waals surface area contributed by atoms with Crippen LogP contribution in [-0.4, -0.2) is 35.8 Å². The summed E-state index contributed by atoms with van der Waals surface area (Å²) >= 11 is -2.32. The van der Waals surface area contributed by atoms with Gasteiger partial charge in [-0.3, -0.25) is 9.00 Å². The second-order valence-corrected chi connectivity index (χ2v) is 10.7. The third-order valence-electron chi connectivity index (χ3n) is 6.85. The van der Waals surface area contributed by atoms with Crippen molar-refractivity contribution in [1.82, 2.24) is 19.3 Å². The van der Waals surface area contributed by atoms with Gasteiger partial charge >= 0.3 is 0 Å². The van der Waals surface area contributed by atoms with Gasteiger partial charge in [0, 0.05) is 48.2 Å². The van der Waals surface area contributed by atoms with Gasteiger partial charge in [0.1, 0.15) is 0 Å². The summed E-state index contributed by atoms with van der Waals surface area (Å²) in [7, 11) is 0. The van der Waals surface area contributed by atoms with Crippen LogP contribution in [0.15, 0.2) is 60.8 Å². The van der Waals surface area contributed by atoms with Crippen LogP contribution < -0.4 is 14.9 Å². The molecule has 10 heteroatoms. The Morgan fingerprint density at radius 3 is 2.78 bits per heavy atom. The lowest BCUT2D eigenvalue weighted by atomic mass is 9.80.